The minimum atomic E-state index is -1.58. The van der Waals surface area contributed by atoms with Crippen LogP contribution in [0.25, 0.3) is 0 Å². The predicted octanol–water partition coefficient (Wildman–Crippen LogP) is 3.23. The Hall–Kier alpha value is -2.86. The average molecular weight is 370 g/mol. The van der Waals surface area contributed by atoms with Gasteiger partial charge in [0.05, 0.1) is 27.4 Å². The van der Waals surface area contributed by atoms with E-state index in [0.29, 0.717) is 11.3 Å². The molecule has 0 radical (unpaired) electrons. The standard InChI is InChI=1S/C21H22O6/c1-24-16-11-9-15(10-12-16)18-21(19(22)25-2,20(23)26-3)13-17(27-18)14-7-5-4-6-8-14/h4-12,17-18H,13H2,1-3H3/t17-,18-/m0/s1. The van der Waals surface area contributed by atoms with Crippen LogP contribution in [0.5, 0.6) is 5.75 Å². The maximum absolute atomic E-state index is 12.8. The second-order valence-electron chi connectivity index (χ2n) is 6.35. The van der Waals surface area contributed by atoms with Gasteiger partial charge in [-0.3, -0.25) is 9.59 Å². The highest BCUT2D eigenvalue weighted by atomic mass is 16.6. The van der Waals surface area contributed by atoms with Crippen molar-refractivity contribution in [2.24, 2.45) is 5.41 Å². The first kappa shape index (κ1) is 18.9. The largest absolute Gasteiger partial charge is 0.497 e. The highest BCUT2D eigenvalue weighted by Gasteiger charge is 2.62. The lowest BCUT2D eigenvalue weighted by atomic mass is 9.76. The number of hydrogen-bond acceptors (Lipinski definition) is 6. The van der Waals surface area contributed by atoms with Crippen LogP contribution in [0.2, 0.25) is 0 Å². The monoisotopic (exact) mass is 370 g/mol. The van der Waals surface area contributed by atoms with Crippen molar-refractivity contribution < 1.29 is 28.5 Å². The topological polar surface area (TPSA) is 71.1 Å². The summed E-state index contributed by atoms with van der Waals surface area (Å²) in [6.45, 7) is 0. The van der Waals surface area contributed by atoms with Crippen molar-refractivity contribution in [3.05, 3.63) is 65.7 Å². The molecule has 0 spiro atoms. The first-order chi connectivity index (χ1) is 13.1. The quantitative estimate of drug-likeness (QED) is 0.594. The zero-order chi connectivity index (χ0) is 19.4. The molecule has 0 N–H and O–H groups in total. The van der Waals surface area contributed by atoms with Crippen LogP contribution in [0.4, 0.5) is 0 Å². The van der Waals surface area contributed by atoms with E-state index in [0.717, 1.165) is 5.56 Å². The molecule has 6 nitrogen and oxygen atoms in total. The Kier molecular flexibility index (Phi) is 5.46. The van der Waals surface area contributed by atoms with E-state index in [4.69, 9.17) is 18.9 Å². The lowest BCUT2D eigenvalue weighted by Crippen LogP contribution is -2.43. The van der Waals surface area contributed by atoms with Gasteiger partial charge in [0.15, 0.2) is 5.41 Å². The van der Waals surface area contributed by atoms with E-state index in [9.17, 15) is 9.59 Å². The first-order valence-corrected chi connectivity index (χ1v) is 8.58. The zero-order valence-electron chi connectivity index (χ0n) is 15.5. The van der Waals surface area contributed by atoms with Gasteiger partial charge >= 0.3 is 11.9 Å². The van der Waals surface area contributed by atoms with Crippen LogP contribution in [0.1, 0.15) is 29.8 Å². The molecule has 2 aromatic carbocycles. The number of rotatable bonds is 5. The molecule has 142 valence electrons. The van der Waals surface area contributed by atoms with Gasteiger partial charge in [-0.15, -0.1) is 0 Å². The van der Waals surface area contributed by atoms with Crippen LogP contribution in [0.15, 0.2) is 54.6 Å². The van der Waals surface area contributed by atoms with E-state index >= 15 is 0 Å². The van der Waals surface area contributed by atoms with Gasteiger partial charge in [0.25, 0.3) is 0 Å². The molecule has 0 amide bonds. The third kappa shape index (κ3) is 3.28. The van der Waals surface area contributed by atoms with E-state index < -0.39 is 29.6 Å². The van der Waals surface area contributed by atoms with E-state index in [-0.39, 0.29) is 6.42 Å². The fourth-order valence-corrected chi connectivity index (χ4v) is 3.56. The van der Waals surface area contributed by atoms with Gasteiger partial charge in [0.1, 0.15) is 11.9 Å². The Morgan fingerprint density at radius 2 is 1.48 bits per heavy atom. The summed E-state index contributed by atoms with van der Waals surface area (Å²) >= 11 is 0. The Morgan fingerprint density at radius 3 is 2.00 bits per heavy atom. The normalized spacial score (nSPS) is 20.7. The number of carbonyl (C=O) groups is 2. The first-order valence-electron chi connectivity index (χ1n) is 8.58. The van der Waals surface area contributed by atoms with Gasteiger partial charge in [-0.1, -0.05) is 42.5 Å². The second-order valence-corrected chi connectivity index (χ2v) is 6.35. The van der Waals surface area contributed by atoms with Crippen LogP contribution >= 0.6 is 0 Å². The van der Waals surface area contributed by atoms with Crippen LogP contribution in [-0.2, 0) is 23.8 Å². The van der Waals surface area contributed by atoms with Crippen LogP contribution in [0.3, 0.4) is 0 Å². The fourth-order valence-electron chi connectivity index (χ4n) is 3.56. The van der Waals surface area contributed by atoms with Gasteiger partial charge < -0.3 is 18.9 Å². The molecule has 1 saturated heterocycles. The van der Waals surface area contributed by atoms with Crippen molar-refractivity contribution in [2.45, 2.75) is 18.6 Å². The van der Waals surface area contributed by atoms with Gasteiger partial charge in [-0.25, -0.2) is 0 Å². The molecule has 1 fully saturated rings. The van der Waals surface area contributed by atoms with Crippen molar-refractivity contribution >= 4 is 11.9 Å². The molecule has 6 heteroatoms. The summed E-state index contributed by atoms with van der Waals surface area (Å²) < 4.78 is 21.4. The number of carbonyl (C=O) groups excluding carboxylic acids is 2. The minimum Gasteiger partial charge on any atom is -0.497 e. The third-order valence-electron chi connectivity index (χ3n) is 4.94. The third-order valence-corrected chi connectivity index (χ3v) is 4.94. The van der Waals surface area contributed by atoms with Crippen LogP contribution < -0.4 is 4.74 Å². The summed E-state index contributed by atoms with van der Waals surface area (Å²) in [6, 6.07) is 16.5. The Labute approximate surface area is 158 Å². The highest BCUT2D eigenvalue weighted by Crippen LogP contribution is 2.54. The SMILES string of the molecule is COC(=O)C1(C(=O)OC)C[C@@H](c2ccccc2)O[C@H]1c1ccc(OC)cc1. The highest BCUT2D eigenvalue weighted by molar-refractivity contribution is 6.01. The van der Waals surface area contributed by atoms with E-state index in [1.165, 1.54) is 14.2 Å². The number of esters is 2. The minimum absolute atomic E-state index is 0.132. The molecule has 0 bridgehead atoms. The summed E-state index contributed by atoms with van der Waals surface area (Å²) in [5.41, 5.74) is -0.0331. The number of benzene rings is 2. The molecule has 1 heterocycles. The maximum Gasteiger partial charge on any atom is 0.326 e. The smallest absolute Gasteiger partial charge is 0.326 e. The van der Waals surface area contributed by atoms with Gasteiger partial charge in [-0.2, -0.15) is 0 Å². The number of hydrogen-bond donors (Lipinski definition) is 0. The van der Waals surface area contributed by atoms with Crippen molar-refractivity contribution in [1.82, 2.24) is 0 Å². The van der Waals surface area contributed by atoms with Crippen molar-refractivity contribution in [2.75, 3.05) is 21.3 Å². The van der Waals surface area contributed by atoms with Gasteiger partial charge in [0, 0.05) is 6.42 Å². The van der Waals surface area contributed by atoms with Gasteiger partial charge in [-0.05, 0) is 23.3 Å². The van der Waals surface area contributed by atoms with Gasteiger partial charge in [0.2, 0.25) is 0 Å². The van der Waals surface area contributed by atoms with Crippen LogP contribution in [0, 0.1) is 5.41 Å². The molecule has 0 aliphatic carbocycles. The molecule has 1 aliphatic heterocycles. The average Bonchev–Trinajstić information content (AvgIpc) is 3.15. The summed E-state index contributed by atoms with van der Waals surface area (Å²) in [4.78, 5) is 25.6. The zero-order valence-corrected chi connectivity index (χ0v) is 15.5. The van der Waals surface area contributed by atoms with E-state index in [2.05, 4.69) is 0 Å². The molecular weight excluding hydrogens is 348 g/mol. The van der Waals surface area contributed by atoms with E-state index in [1.807, 2.05) is 30.3 Å². The Morgan fingerprint density at radius 1 is 0.889 bits per heavy atom. The molecule has 2 atom stereocenters. The molecule has 0 aromatic heterocycles. The number of methoxy groups -OCH3 is 3. The molecule has 27 heavy (non-hydrogen) atoms. The summed E-state index contributed by atoms with van der Waals surface area (Å²) in [5, 5.41) is 0. The fraction of sp³-hybridized carbons (Fsp3) is 0.333. The lowest BCUT2D eigenvalue weighted by molar-refractivity contribution is -0.173. The van der Waals surface area contributed by atoms with Crippen molar-refractivity contribution in [3.63, 3.8) is 0 Å². The second kappa shape index (κ2) is 7.80. The summed E-state index contributed by atoms with van der Waals surface area (Å²) in [7, 11) is 4.08. The van der Waals surface area contributed by atoms with E-state index in [1.54, 1.807) is 31.4 Å². The Balaban J connectivity index is 2.09. The molecule has 0 unspecified atom stereocenters. The molecule has 3 rings (SSSR count). The molecule has 1 aliphatic rings. The lowest BCUT2D eigenvalue weighted by Gasteiger charge is -2.28. The maximum atomic E-state index is 12.8. The molecule has 0 saturated carbocycles. The van der Waals surface area contributed by atoms with Crippen LogP contribution in [-0.4, -0.2) is 33.3 Å². The summed E-state index contributed by atoms with van der Waals surface area (Å²) in [6.07, 6.45) is -1.16. The van der Waals surface area contributed by atoms with Crippen molar-refractivity contribution in [1.29, 1.82) is 0 Å². The number of ether oxygens (including phenoxy) is 4. The summed E-state index contributed by atoms with van der Waals surface area (Å²) in [5.74, 6) is -0.680. The molecule has 2 aromatic rings. The van der Waals surface area contributed by atoms with Crippen molar-refractivity contribution in [3.8, 4) is 5.75 Å². The Bertz CT molecular complexity index is 783. The predicted molar refractivity (Wildman–Crippen MR) is 97.1 cm³/mol. The molecular formula is C21H22O6.